The van der Waals surface area contributed by atoms with Crippen LogP contribution in [-0.4, -0.2) is 13.1 Å². The van der Waals surface area contributed by atoms with Gasteiger partial charge >= 0.3 is 5.97 Å². The molecule has 0 saturated heterocycles. The Kier molecular flexibility index (Phi) is 3.87. The minimum Gasteiger partial charge on any atom is -0.465 e. The van der Waals surface area contributed by atoms with E-state index in [0.29, 0.717) is 22.0 Å². The summed E-state index contributed by atoms with van der Waals surface area (Å²) in [7, 11) is 1.34. The second-order valence-corrected chi connectivity index (χ2v) is 3.80. The van der Waals surface area contributed by atoms with E-state index in [9.17, 15) is 4.79 Å². The standard InChI is InChI=1S/C11H10BrNO2/c1-3-8-4-7(6-13)5-9(12)10(8)11(14)15-2/h4-5H,3H2,1-2H3. The first kappa shape index (κ1) is 11.7. The molecule has 0 amide bonds. The first-order valence-electron chi connectivity index (χ1n) is 4.44. The van der Waals surface area contributed by atoms with Crippen LogP contribution in [0.1, 0.15) is 28.4 Å². The van der Waals surface area contributed by atoms with Crippen LogP contribution in [0.2, 0.25) is 0 Å². The van der Waals surface area contributed by atoms with Gasteiger partial charge in [-0.25, -0.2) is 4.79 Å². The van der Waals surface area contributed by atoms with Crippen molar-refractivity contribution in [3.8, 4) is 6.07 Å². The molecule has 0 atom stereocenters. The Bertz CT molecular complexity index is 435. The van der Waals surface area contributed by atoms with Gasteiger partial charge in [0.25, 0.3) is 0 Å². The van der Waals surface area contributed by atoms with Crippen LogP contribution in [0.4, 0.5) is 0 Å². The van der Waals surface area contributed by atoms with Crippen molar-refractivity contribution in [3.63, 3.8) is 0 Å². The smallest absolute Gasteiger partial charge is 0.339 e. The zero-order valence-corrected chi connectivity index (χ0v) is 10.1. The first-order valence-corrected chi connectivity index (χ1v) is 5.24. The number of esters is 1. The van der Waals surface area contributed by atoms with E-state index in [1.54, 1.807) is 12.1 Å². The number of methoxy groups -OCH3 is 1. The summed E-state index contributed by atoms with van der Waals surface area (Å²) < 4.78 is 5.28. The third-order valence-corrected chi connectivity index (χ3v) is 2.70. The normalized spacial score (nSPS) is 9.47. The molecule has 1 aromatic rings. The van der Waals surface area contributed by atoms with Crippen molar-refractivity contribution >= 4 is 21.9 Å². The fourth-order valence-electron chi connectivity index (χ4n) is 1.34. The van der Waals surface area contributed by atoms with Gasteiger partial charge in [-0.2, -0.15) is 5.26 Å². The van der Waals surface area contributed by atoms with Crippen LogP contribution in [-0.2, 0) is 11.2 Å². The summed E-state index contributed by atoms with van der Waals surface area (Å²) in [4.78, 5) is 11.5. The van der Waals surface area contributed by atoms with E-state index in [1.165, 1.54) is 7.11 Å². The van der Waals surface area contributed by atoms with Gasteiger partial charge in [0.2, 0.25) is 0 Å². The molecule has 0 aliphatic carbocycles. The summed E-state index contributed by atoms with van der Waals surface area (Å²) >= 11 is 3.27. The fourth-order valence-corrected chi connectivity index (χ4v) is 2.00. The molecule has 0 fully saturated rings. The number of halogens is 1. The van der Waals surface area contributed by atoms with E-state index < -0.39 is 0 Å². The molecule has 0 aliphatic heterocycles. The maximum Gasteiger partial charge on any atom is 0.339 e. The molecule has 15 heavy (non-hydrogen) atoms. The molecule has 0 aliphatic rings. The zero-order valence-electron chi connectivity index (χ0n) is 8.50. The predicted molar refractivity (Wildman–Crippen MR) is 59.6 cm³/mol. The third-order valence-electron chi connectivity index (χ3n) is 2.07. The molecule has 0 radical (unpaired) electrons. The summed E-state index contributed by atoms with van der Waals surface area (Å²) in [5.74, 6) is -0.386. The van der Waals surface area contributed by atoms with Crippen LogP contribution in [0.25, 0.3) is 0 Å². The molecule has 1 aromatic carbocycles. The van der Waals surface area contributed by atoms with E-state index >= 15 is 0 Å². The lowest BCUT2D eigenvalue weighted by molar-refractivity contribution is 0.0598. The largest absolute Gasteiger partial charge is 0.465 e. The van der Waals surface area contributed by atoms with Crippen LogP contribution in [0.15, 0.2) is 16.6 Å². The second-order valence-electron chi connectivity index (χ2n) is 2.95. The number of nitrogens with zero attached hydrogens (tertiary/aromatic N) is 1. The highest BCUT2D eigenvalue weighted by molar-refractivity contribution is 9.10. The monoisotopic (exact) mass is 267 g/mol. The molecule has 0 N–H and O–H groups in total. The van der Waals surface area contributed by atoms with Crippen molar-refractivity contribution in [3.05, 3.63) is 33.3 Å². The van der Waals surface area contributed by atoms with Gasteiger partial charge in [-0.1, -0.05) is 6.92 Å². The Morgan fingerprint density at radius 3 is 2.73 bits per heavy atom. The molecule has 4 heteroatoms. The van der Waals surface area contributed by atoms with E-state index in [-0.39, 0.29) is 5.97 Å². The van der Waals surface area contributed by atoms with Gasteiger partial charge in [-0.3, -0.25) is 0 Å². The average Bonchev–Trinajstić information content (AvgIpc) is 2.26. The third kappa shape index (κ3) is 2.37. The van der Waals surface area contributed by atoms with Crippen molar-refractivity contribution in [1.82, 2.24) is 0 Å². The molecule has 3 nitrogen and oxygen atoms in total. The minimum absolute atomic E-state index is 0.386. The summed E-state index contributed by atoms with van der Waals surface area (Å²) in [5.41, 5.74) is 1.85. The highest BCUT2D eigenvalue weighted by Crippen LogP contribution is 2.24. The Hall–Kier alpha value is -1.34. The summed E-state index contributed by atoms with van der Waals surface area (Å²) in [5, 5.41) is 8.78. The zero-order chi connectivity index (χ0) is 11.4. The van der Waals surface area contributed by atoms with Gasteiger partial charge in [-0.15, -0.1) is 0 Å². The van der Waals surface area contributed by atoms with E-state index in [2.05, 4.69) is 20.7 Å². The highest BCUT2D eigenvalue weighted by atomic mass is 79.9. The number of carbonyl (C=O) groups excluding carboxylic acids is 1. The van der Waals surface area contributed by atoms with Crippen LogP contribution < -0.4 is 0 Å². The van der Waals surface area contributed by atoms with Gasteiger partial charge < -0.3 is 4.74 Å². The number of nitriles is 1. The molecular weight excluding hydrogens is 258 g/mol. The van der Waals surface area contributed by atoms with E-state index in [1.807, 2.05) is 13.0 Å². The second kappa shape index (κ2) is 4.94. The molecule has 78 valence electrons. The lowest BCUT2D eigenvalue weighted by Crippen LogP contribution is -2.07. The van der Waals surface area contributed by atoms with Crippen molar-refractivity contribution in [2.24, 2.45) is 0 Å². The van der Waals surface area contributed by atoms with Gasteiger partial charge in [-0.05, 0) is 40.0 Å². The molecule has 0 saturated carbocycles. The molecule has 0 bridgehead atoms. The number of rotatable bonds is 2. The minimum atomic E-state index is -0.386. The number of ether oxygens (including phenoxy) is 1. The van der Waals surface area contributed by atoms with Crippen LogP contribution in [0.3, 0.4) is 0 Å². The first-order chi connectivity index (χ1) is 7.13. The lowest BCUT2D eigenvalue weighted by atomic mass is 10.0. The molecule has 1 rings (SSSR count). The Balaban J connectivity index is 3.39. The van der Waals surface area contributed by atoms with Crippen molar-refractivity contribution in [1.29, 1.82) is 5.26 Å². The predicted octanol–water partition coefficient (Wildman–Crippen LogP) is 2.67. The van der Waals surface area contributed by atoms with Gasteiger partial charge in [0.1, 0.15) is 0 Å². The number of benzene rings is 1. The molecule has 0 aromatic heterocycles. The average molecular weight is 268 g/mol. The lowest BCUT2D eigenvalue weighted by Gasteiger charge is -2.08. The highest BCUT2D eigenvalue weighted by Gasteiger charge is 2.15. The van der Waals surface area contributed by atoms with Crippen LogP contribution in [0, 0.1) is 11.3 Å². The Morgan fingerprint density at radius 2 is 2.27 bits per heavy atom. The topological polar surface area (TPSA) is 50.1 Å². The van der Waals surface area contributed by atoms with Crippen molar-refractivity contribution < 1.29 is 9.53 Å². The van der Waals surface area contributed by atoms with E-state index in [0.717, 1.165) is 5.56 Å². The van der Waals surface area contributed by atoms with Crippen LogP contribution >= 0.6 is 15.9 Å². The van der Waals surface area contributed by atoms with Gasteiger partial charge in [0.15, 0.2) is 0 Å². The van der Waals surface area contributed by atoms with Gasteiger partial charge in [0.05, 0.1) is 24.3 Å². The number of carbonyl (C=O) groups is 1. The molecular formula is C11H10BrNO2. The summed E-state index contributed by atoms with van der Waals surface area (Å²) in [6.07, 6.45) is 0.679. The maximum absolute atomic E-state index is 11.5. The Morgan fingerprint density at radius 1 is 1.60 bits per heavy atom. The molecule has 0 unspecified atom stereocenters. The number of hydrogen-bond donors (Lipinski definition) is 0. The fraction of sp³-hybridized carbons (Fsp3) is 0.273. The van der Waals surface area contributed by atoms with Crippen molar-refractivity contribution in [2.45, 2.75) is 13.3 Å². The number of hydrogen-bond acceptors (Lipinski definition) is 3. The quantitative estimate of drug-likeness (QED) is 0.775. The van der Waals surface area contributed by atoms with Gasteiger partial charge in [0, 0.05) is 4.47 Å². The van der Waals surface area contributed by atoms with Crippen molar-refractivity contribution in [2.75, 3.05) is 7.11 Å². The van der Waals surface area contributed by atoms with E-state index in [4.69, 9.17) is 5.26 Å². The maximum atomic E-state index is 11.5. The molecule has 0 heterocycles. The number of aryl methyl sites for hydroxylation is 1. The van der Waals surface area contributed by atoms with Crippen LogP contribution in [0.5, 0.6) is 0 Å². The molecule has 0 spiro atoms. The summed E-state index contributed by atoms with van der Waals surface area (Å²) in [6.45, 7) is 1.93. The Labute approximate surface area is 96.8 Å². The summed E-state index contributed by atoms with van der Waals surface area (Å²) in [6, 6.07) is 5.37. The SMILES string of the molecule is CCc1cc(C#N)cc(Br)c1C(=O)OC.